The number of fused-ring (bicyclic) bond motifs is 1. The van der Waals surface area contributed by atoms with Gasteiger partial charge in [0.1, 0.15) is 0 Å². The summed E-state index contributed by atoms with van der Waals surface area (Å²) in [5.41, 5.74) is 2.42. The molecule has 0 amide bonds. The van der Waals surface area contributed by atoms with Gasteiger partial charge in [-0.15, -0.1) is 0 Å². The molecule has 1 heterocycles. The Kier molecular flexibility index (Phi) is 5.77. The number of aliphatic hydroxyl groups is 1. The summed E-state index contributed by atoms with van der Waals surface area (Å²) in [6, 6.07) is 9.19. The molecule has 0 aliphatic carbocycles. The third-order valence-electron chi connectivity index (χ3n) is 4.60. The van der Waals surface area contributed by atoms with Crippen LogP contribution in [0.2, 0.25) is 5.02 Å². The van der Waals surface area contributed by atoms with Crippen molar-refractivity contribution in [2.75, 3.05) is 6.61 Å². The van der Waals surface area contributed by atoms with E-state index < -0.39 is 11.7 Å². The molecule has 0 unspecified atom stereocenters. The molecule has 0 fully saturated rings. The first kappa shape index (κ1) is 19.7. The van der Waals surface area contributed by atoms with E-state index >= 15 is 0 Å². The Labute approximate surface area is 160 Å². The minimum atomic E-state index is -4.41. The van der Waals surface area contributed by atoms with E-state index in [1.165, 1.54) is 6.07 Å². The number of benzene rings is 2. The molecule has 1 N–H and O–H groups in total. The van der Waals surface area contributed by atoms with Crippen molar-refractivity contribution in [1.29, 1.82) is 0 Å². The number of hydrogen-bond acceptors (Lipinski definition) is 2. The lowest BCUT2D eigenvalue weighted by molar-refractivity contribution is -0.137. The highest BCUT2D eigenvalue weighted by Gasteiger charge is 2.31. The van der Waals surface area contributed by atoms with Crippen LogP contribution in [-0.2, 0) is 19.1 Å². The van der Waals surface area contributed by atoms with Gasteiger partial charge in [0.2, 0.25) is 0 Å². The second-order valence-corrected chi connectivity index (χ2v) is 7.02. The molecule has 7 heteroatoms. The molecule has 0 atom stereocenters. The standard InChI is InChI=1S/C20H20ClF3N2O/c1-13-10-16(21)7-5-14(13)12-26-19-11-15(20(22,23)24)6-8-17(19)18(25-26)4-2-3-9-27/h5-8,10-11,27H,2-4,9,12H2,1H3. The van der Waals surface area contributed by atoms with Crippen LogP contribution in [-0.4, -0.2) is 21.5 Å². The summed E-state index contributed by atoms with van der Waals surface area (Å²) in [7, 11) is 0. The SMILES string of the molecule is Cc1cc(Cl)ccc1Cn1nc(CCCCO)c2ccc(C(F)(F)F)cc21. The van der Waals surface area contributed by atoms with Crippen molar-refractivity contribution < 1.29 is 18.3 Å². The second-order valence-electron chi connectivity index (χ2n) is 6.59. The fourth-order valence-corrected chi connectivity index (χ4v) is 3.35. The molecule has 27 heavy (non-hydrogen) atoms. The number of alkyl halides is 3. The maximum absolute atomic E-state index is 13.2. The average molecular weight is 397 g/mol. The zero-order chi connectivity index (χ0) is 19.6. The summed E-state index contributed by atoms with van der Waals surface area (Å²) in [4.78, 5) is 0. The molecular weight excluding hydrogens is 377 g/mol. The fourth-order valence-electron chi connectivity index (χ4n) is 3.13. The number of aryl methyl sites for hydroxylation is 2. The lowest BCUT2D eigenvalue weighted by Crippen LogP contribution is -2.07. The largest absolute Gasteiger partial charge is 0.416 e. The van der Waals surface area contributed by atoms with Crippen LogP contribution in [0.3, 0.4) is 0 Å². The molecule has 3 aromatic rings. The van der Waals surface area contributed by atoms with Crippen LogP contribution in [0.15, 0.2) is 36.4 Å². The van der Waals surface area contributed by atoms with E-state index in [4.69, 9.17) is 16.7 Å². The van der Waals surface area contributed by atoms with Gasteiger partial charge in [0, 0.05) is 17.0 Å². The van der Waals surface area contributed by atoms with Gasteiger partial charge in [-0.05, 0) is 61.6 Å². The van der Waals surface area contributed by atoms with E-state index in [1.54, 1.807) is 10.7 Å². The lowest BCUT2D eigenvalue weighted by atomic mass is 10.1. The zero-order valence-electron chi connectivity index (χ0n) is 14.9. The molecule has 0 bridgehead atoms. The summed E-state index contributed by atoms with van der Waals surface area (Å²) < 4.78 is 41.1. The van der Waals surface area contributed by atoms with Crippen molar-refractivity contribution in [1.82, 2.24) is 9.78 Å². The second kappa shape index (κ2) is 7.90. The van der Waals surface area contributed by atoms with Crippen LogP contribution in [0, 0.1) is 6.92 Å². The van der Waals surface area contributed by atoms with Crippen molar-refractivity contribution in [3.05, 3.63) is 63.8 Å². The zero-order valence-corrected chi connectivity index (χ0v) is 15.6. The average Bonchev–Trinajstić information content (AvgIpc) is 2.94. The van der Waals surface area contributed by atoms with Gasteiger partial charge >= 0.3 is 6.18 Å². The van der Waals surface area contributed by atoms with Crippen LogP contribution in [0.5, 0.6) is 0 Å². The van der Waals surface area contributed by atoms with Crippen LogP contribution in [0.4, 0.5) is 13.2 Å². The van der Waals surface area contributed by atoms with Crippen LogP contribution in [0.25, 0.3) is 10.9 Å². The van der Waals surface area contributed by atoms with Gasteiger partial charge in [-0.2, -0.15) is 18.3 Å². The first-order chi connectivity index (χ1) is 12.8. The Morgan fingerprint density at radius 2 is 1.89 bits per heavy atom. The van der Waals surface area contributed by atoms with Gasteiger partial charge in [-0.25, -0.2) is 0 Å². The van der Waals surface area contributed by atoms with E-state index in [-0.39, 0.29) is 6.61 Å². The summed E-state index contributed by atoms with van der Waals surface area (Å²) in [5.74, 6) is 0. The predicted octanol–water partition coefficient (Wildman–Crippen LogP) is 5.38. The highest BCUT2D eigenvalue weighted by Crippen LogP contribution is 2.33. The molecule has 0 aliphatic rings. The Hall–Kier alpha value is -2.05. The Morgan fingerprint density at radius 3 is 2.56 bits per heavy atom. The topological polar surface area (TPSA) is 38.0 Å². The molecule has 3 nitrogen and oxygen atoms in total. The quantitative estimate of drug-likeness (QED) is 0.568. The van der Waals surface area contributed by atoms with E-state index in [0.29, 0.717) is 35.3 Å². The third kappa shape index (κ3) is 4.45. The number of aromatic nitrogens is 2. The normalized spacial score (nSPS) is 12.1. The van der Waals surface area contributed by atoms with Crippen molar-refractivity contribution in [2.24, 2.45) is 0 Å². The van der Waals surface area contributed by atoms with Gasteiger partial charge in [-0.3, -0.25) is 4.68 Å². The van der Waals surface area contributed by atoms with Crippen LogP contribution >= 0.6 is 11.6 Å². The van der Waals surface area contributed by atoms with Gasteiger partial charge in [0.05, 0.1) is 23.3 Å². The summed E-state index contributed by atoms with van der Waals surface area (Å²) in [5, 5.41) is 14.9. The first-order valence-electron chi connectivity index (χ1n) is 8.72. The van der Waals surface area contributed by atoms with Crippen molar-refractivity contribution >= 4 is 22.5 Å². The first-order valence-corrected chi connectivity index (χ1v) is 9.10. The number of rotatable bonds is 6. The van der Waals surface area contributed by atoms with E-state index in [9.17, 15) is 13.2 Å². The lowest BCUT2D eigenvalue weighted by Gasteiger charge is -2.10. The molecule has 144 valence electrons. The summed E-state index contributed by atoms with van der Waals surface area (Å²) in [6.07, 6.45) is -2.44. The van der Waals surface area contributed by atoms with Crippen molar-refractivity contribution in [3.8, 4) is 0 Å². The van der Waals surface area contributed by atoms with Crippen LogP contribution < -0.4 is 0 Å². The maximum atomic E-state index is 13.2. The fraction of sp³-hybridized carbons (Fsp3) is 0.350. The molecule has 0 saturated heterocycles. The number of unbranched alkanes of at least 4 members (excludes halogenated alkanes) is 1. The van der Waals surface area contributed by atoms with Gasteiger partial charge < -0.3 is 5.11 Å². The third-order valence-corrected chi connectivity index (χ3v) is 4.84. The van der Waals surface area contributed by atoms with Crippen molar-refractivity contribution in [2.45, 2.75) is 38.9 Å². The monoisotopic (exact) mass is 396 g/mol. The number of halogens is 4. The van der Waals surface area contributed by atoms with E-state index in [0.717, 1.165) is 35.4 Å². The minimum absolute atomic E-state index is 0.0842. The molecule has 1 aromatic heterocycles. The summed E-state index contributed by atoms with van der Waals surface area (Å²) in [6.45, 7) is 2.36. The Morgan fingerprint density at radius 1 is 1.11 bits per heavy atom. The van der Waals surface area contributed by atoms with Crippen molar-refractivity contribution in [3.63, 3.8) is 0 Å². The highest BCUT2D eigenvalue weighted by molar-refractivity contribution is 6.30. The molecule has 0 saturated carbocycles. The van der Waals surface area contributed by atoms with Crippen LogP contribution in [0.1, 0.15) is 35.2 Å². The molecule has 2 aromatic carbocycles. The predicted molar refractivity (Wildman–Crippen MR) is 100 cm³/mol. The van der Waals surface area contributed by atoms with Gasteiger partial charge in [0.15, 0.2) is 0 Å². The van der Waals surface area contributed by atoms with Gasteiger partial charge in [0.25, 0.3) is 0 Å². The summed E-state index contributed by atoms with van der Waals surface area (Å²) >= 11 is 5.99. The minimum Gasteiger partial charge on any atom is -0.396 e. The molecular formula is C20H20ClF3N2O. The van der Waals surface area contributed by atoms with E-state index in [1.807, 2.05) is 19.1 Å². The molecule has 3 rings (SSSR count). The molecule has 0 aliphatic heterocycles. The van der Waals surface area contributed by atoms with Gasteiger partial charge in [-0.1, -0.05) is 23.7 Å². The number of aliphatic hydroxyl groups excluding tert-OH is 1. The number of nitrogens with zero attached hydrogens (tertiary/aromatic N) is 2. The number of hydrogen-bond donors (Lipinski definition) is 1. The van der Waals surface area contributed by atoms with E-state index in [2.05, 4.69) is 5.10 Å². The Bertz CT molecular complexity index is 950. The Balaban J connectivity index is 2.05. The smallest absolute Gasteiger partial charge is 0.396 e. The highest BCUT2D eigenvalue weighted by atomic mass is 35.5. The molecule has 0 radical (unpaired) electrons. The molecule has 0 spiro atoms. The maximum Gasteiger partial charge on any atom is 0.416 e.